The van der Waals surface area contributed by atoms with Crippen molar-refractivity contribution in [3.8, 4) is 22.6 Å². The molecule has 0 bridgehead atoms. The van der Waals surface area contributed by atoms with Crippen LogP contribution in [0.15, 0.2) is 102 Å². The number of anilines is 1. The van der Waals surface area contributed by atoms with Gasteiger partial charge in [0.25, 0.3) is 11.5 Å². The summed E-state index contributed by atoms with van der Waals surface area (Å²) in [4.78, 5) is 30.2. The number of para-hydroxylation sites is 1. The van der Waals surface area contributed by atoms with E-state index in [0.29, 0.717) is 33.9 Å². The number of hydrogen-bond donors (Lipinski definition) is 1. The van der Waals surface area contributed by atoms with Gasteiger partial charge in [-0.25, -0.2) is 4.98 Å². The quantitative estimate of drug-likeness (QED) is 0.343. The Labute approximate surface area is 208 Å². The molecule has 0 saturated heterocycles. The van der Waals surface area contributed by atoms with Crippen molar-refractivity contribution in [1.82, 2.24) is 9.55 Å². The second kappa shape index (κ2) is 9.88. The van der Waals surface area contributed by atoms with E-state index in [2.05, 4.69) is 10.3 Å². The van der Waals surface area contributed by atoms with Crippen molar-refractivity contribution >= 4 is 22.5 Å². The fraction of sp³-hybridized carbons (Fsp3) is 0.100. The summed E-state index contributed by atoms with van der Waals surface area (Å²) in [6.45, 7) is 3.58. The first kappa shape index (κ1) is 23.1. The van der Waals surface area contributed by atoms with Crippen molar-refractivity contribution in [2.75, 3.05) is 11.9 Å². The third-order valence-electron chi connectivity index (χ3n) is 6.02. The molecule has 1 aromatic heterocycles. The molecule has 0 fully saturated rings. The first-order valence-corrected chi connectivity index (χ1v) is 11.7. The maximum Gasteiger partial charge on any atom is 0.265 e. The van der Waals surface area contributed by atoms with Gasteiger partial charge in [0.1, 0.15) is 11.6 Å². The van der Waals surface area contributed by atoms with Crippen molar-refractivity contribution < 1.29 is 9.53 Å². The lowest BCUT2D eigenvalue weighted by Crippen LogP contribution is -2.23. The van der Waals surface area contributed by atoms with Gasteiger partial charge in [-0.05, 0) is 73.0 Å². The van der Waals surface area contributed by atoms with Gasteiger partial charge < -0.3 is 10.1 Å². The molecule has 0 aliphatic heterocycles. The summed E-state index contributed by atoms with van der Waals surface area (Å²) < 4.78 is 7.26. The van der Waals surface area contributed by atoms with Crippen molar-refractivity contribution in [1.29, 1.82) is 0 Å². The summed E-state index contributed by atoms with van der Waals surface area (Å²) in [7, 11) is 0. The lowest BCUT2D eigenvalue weighted by Gasteiger charge is -2.14. The Kier molecular flexibility index (Phi) is 6.33. The molecule has 36 heavy (non-hydrogen) atoms. The van der Waals surface area contributed by atoms with Crippen molar-refractivity contribution in [3.63, 3.8) is 0 Å². The van der Waals surface area contributed by atoms with Crippen LogP contribution in [0.4, 0.5) is 5.69 Å². The minimum Gasteiger partial charge on any atom is -0.484 e. The highest BCUT2D eigenvalue weighted by molar-refractivity contribution is 5.92. The molecular formula is C30H25N3O3. The highest BCUT2D eigenvalue weighted by Crippen LogP contribution is 2.23. The molecule has 6 heteroatoms. The number of aromatic nitrogens is 2. The van der Waals surface area contributed by atoms with Gasteiger partial charge in [0, 0.05) is 5.69 Å². The molecule has 0 atom stereocenters. The zero-order valence-electron chi connectivity index (χ0n) is 20.1. The standard InChI is InChI=1S/C30H25N3O3/c1-20-18-24(33-21(2)31-28-11-7-6-10-26(28)30(33)35)14-17-27(20)32-29(34)19-36-25-15-12-23(13-16-25)22-8-4-3-5-9-22/h3-18H,19H2,1-2H3,(H,32,34). The Hall–Kier alpha value is -4.71. The first-order valence-electron chi connectivity index (χ1n) is 11.7. The number of ether oxygens (including phenoxy) is 1. The number of benzene rings is 4. The van der Waals surface area contributed by atoms with Crippen LogP contribution in [0, 0.1) is 13.8 Å². The highest BCUT2D eigenvalue weighted by atomic mass is 16.5. The molecular weight excluding hydrogens is 450 g/mol. The predicted octanol–water partition coefficient (Wildman–Crippen LogP) is 5.69. The average Bonchev–Trinajstić information content (AvgIpc) is 2.90. The summed E-state index contributed by atoms with van der Waals surface area (Å²) in [5, 5.41) is 3.45. The van der Waals surface area contributed by atoms with Crippen LogP contribution < -0.4 is 15.6 Å². The first-order chi connectivity index (χ1) is 17.5. The van der Waals surface area contributed by atoms with Crippen LogP contribution in [0.2, 0.25) is 0 Å². The third-order valence-corrected chi connectivity index (χ3v) is 6.02. The van der Waals surface area contributed by atoms with Gasteiger partial charge in [-0.3, -0.25) is 14.2 Å². The summed E-state index contributed by atoms with van der Waals surface area (Å²) in [6, 6.07) is 30.5. The van der Waals surface area contributed by atoms with Crippen molar-refractivity contribution in [3.05, 3.63) is 119 Å². The molecule has 0 saturated carbocycles. The number of amides is 1. The molecule has 5 aromatic rings. The number of fused-ring (bicyclic) bond motifs is 1. The van der Waals surface area contributed by atoms with Gasteiger partial charge in [0.15, 0.2) is 6.61 Å². The zero-order chi connectivity index (χ0) is 25.1. The second-order valence-corrected chi connectivity index (χ2v) is 8.54. The molecule has 1 N–H and O–H groups in total. The average molecular weight is 476 g/mol. The maximum atomic E-state index is 13.1. The minimum atomic E-state index is -0.265. The Morgan fingerprint density at radius 2 is 1.56 bits per heavy atom. The van der Waals surface area contributed by atoms with Crippen LogP contribution >= 0.6 is 0 Å². The van der Waals surface area contributed by atoms with E-state index in [4.69, 9.17) is 4.74 Å². The number of hydrogen-bond acceptors (Lipinski definition) is 4. The Balaban J connectivity index is 1.27. The van der Waals surface area contributed by atoms with Crippen LogP contribution in [0.5, 0.6) is 5.75 Å². The minimum absolute atomic E-state index is 0.112. The largest absolute Gasteiger partial charge is 0.484 e. The molecule has 6 nitrogen and oxygen atoms in total. The molecule has 0 aliphatic rings. The second-order valence-electron chi connectivity index (χ2n) is 8.54. The van der Waals surface area contributed by atoms with Gasteiger partial charge in [-0.15, -0.1) is 0 Å². The SMILES string of the molecule is Cc1cc(-n2c(C)nc3ccccc3c2=O)ccc1NC(=O)COc1ccc(-c2ccccc2)cc1. The topological polar surface area (TPSA) is 73.2 Å². The summed E-state index contributed by atoms with van der Waals surface area (Å²) >= 11 is 0. The Morgan fingerprint density at radius 1 is 0.861 bits per heavy atom. The van der Waals surface area contributed by atoms with Gasteiger partial charge in [-0.2, -0.15) is 0 Å². The van der Waals surface area contributed by atoms with Crippen LogP contribution in [0.1, 0.15) is 11.4 Å². The molecule has 4 aromatic carbocycles. The molecule has 0 spiro atoms. The third kappa shape index (κ3) is 4.74. The molecule has 0 aliphatic carbocycles. The number of aryl methyl sites for hydroxylation is 2. The fourth-order valence-electron chi connectivity index (χ4n) is 4.18. The van der Waals surface area contributed by atoms with Crippen molar-refractivity contribution in [2.45, 2.75) is 13.8 Å². The molecule has 0 unspecified atom stereocenters. The van der Waals surface area contributed by atoms with Gasteiger partial charge in [0.2, 0.25) is 0 Å². The summed E-state index contributed by atoms with van der Waals surface area (Å²) in [5.74, 6) is 0.954. The number of nitrogens with one attached hydrogen (secondary N) is 1. The van der Waals surface area contributed by atoms with Gasteiger partial charge in [-0.1, -0.05) is 54.6 Å². The van der Waals surface area contributed by atoms with Crippen LogP contribution in [-0.4, -0.2) is 22.1 Å². The van der Waals surface area contributed by atoms with E-state index in [1.807, 2.05) is 92.7 Å². The summed E-state index contributed by atoms with van der Waals surface area (Å²) in [6.07, 6.45) is 0. The van der Waals surface area contributed by atoms with Crippen molar-refractivity contribution in [2.24, 2.45) is 0 Å². The molecule has 1 amide bonds. The van der Waals surface area contributed by atoms with Gasteiger partial charge in [0.05, 0.1) is 16.6 Å². The number of carbonyl (C=O) groups is 1. The van der Waals surface area contributed by atoms with Gasteiger partial charge >= 0.3 is 0 Å². The number of nitrogens with zero attached hydrogens (tertiary/aromatic N) is 2. The van der Waals surface area contributed by atoms with E-state index in [1.54, 1.807) is 22.8 Å². The van der Waals surface area contributed by atoms with E-state index in [-0.39, 0.29) is 18.1 Å². The highest BCUT2D eigenvalue weighted by Gasteiger charge is 2.12. The van der Waals surface area contributed by atoms with Crippen LogP contribution in [-0.2, 0) is 4.79 Å². The zero-order valence-corrected chi connectivity index (χ0v) is 20.1. The summed E-state index contributed by atoms with van der Waals surface area (Å²) in [5.41, 5.74) is 4.93. The molecule has 178 valence electrons. The normalized spacial score (nSPS) is 10.8. The fourth-order valence-corrected chi connectivity index (χ4v) is 4.18. The maximum absolute atomic E-state index is 13.1. The van der Waals surface area contributed by atoms with E-state index >= 15 is 0 Å². The van der Waals surface area contributed by atoms with Crippen LogP contribution in [0.3, 0.4) is 0 Å². The molecule has 5 rings (SSSR count). The Bertz CT molecular complexity index is 1610. The van der Waals surface area contributed by atoms with E-state index < -0.39 is 0 Å². The monoisotopic (exact) mass is 475 g/mol. The van der Waals surface area contributed by atoms with E-state index in [9.17, 15) is 9.59 Å². The lowest BCUT2D eigenvalue weighted by atomic mass is 10.1. The smallest absolute Gasteiger partial charge is 0.265 e. The molecule has 0 radical (unpaired) electrons. The van der Waals surface area contributed by atoms with Crippen LogP contribution in [0.25, 0.3) is 27.7 Å². The molecule has 1 heterocycles. The number of rotatable bonds is 6. The lowest BCUT2D eigenvalue weighted by molar-refractivity contribution is -0.118. The van der Waals surface area contributed by atoms with E-state index in [0.717, 1.165) is 16.7 Å². The predicted molar refractivity (Wildman–Crippen MR) is 143 cm³/mol. The van der Waals surface area contributed by atoms with E-state index in [1.165, 1.54) is 0 Å². The Morgan fingerprint density at radius 3 is 2.31 bits per heavy atom. The number of carbonyl (C=O) groups excluding carboxylic acids is 1.